The molecule has 0 bridgehead atoms. The fourth-order valence-corrected chi connectivity index (χ4v) is 3.75. The second-order valence-corrected chi connectivity index (χ2v) is 6.92. The molecule has 1 aliphatic rings. The SMILES string of the molecule is COc1cccc(C(=O)N2CCC[C@H]2c2cncc(-c3c(C)noc3C)n2)c1. The zero-order chi connectivity index (χ0) is 19.7. The van der Waals surface area contributed by atoms with Crippen LogP contribution in [-0.2, 0) is 0 Å². The van der Waals surface area contributed by atoms with Crippen molar-refractivity contribution >= 4 is 5.91 Å². The normalized spacial score (nSPS) is 16.4. The van der Waals surface area contributed by atoms with Crippen molar-refractivity contribution in [3.63, 3.8) is 0 Å². The predicted molar refractivity (Wildman–Crippen MR) is 103 cm³/mol. The van der Waals surface area contributed by atoms with Crippen LogP contribution in [0.25, 0.3) is 11.3 Å². The maximum absolute atomic E-state index is 13.1. The van der Waals surface area contributed by atoms with Gasteiger partial charge in [-0.1, -0.05) is 11.2 Å². The lowest BCUT2D eigenvalue weighted by atomic mass is 10.1. The summed E-state index contributed by atoms with van der Waals surface area (Å²) < 4.78 is 10.5. The predicted octanol–water partition coefficient (Wildman–Crippen LogP) is 3.73. The van der Waals surface area contributed by atoms with Gasteiger partial charge in [-0.2, -0.15) is 0 Å². The lowest BCUT2D eigenvalue weighted by molar-refractivity contribution is 0.0732. The van der Waals surface area contributed by atoms with Crippen LogP contribution in [0.15, 0.2) is 41.2 Å². The Morgan fingerprint density at radius 1 is 1.29 bits per heavy atom. The largest absolute Gasteiger partial charge is 0.497 e. The lowest BCUT2D eigenvalue weighted by Gasteiger charge is -2.24. The number of aryl methyl sites for hydroxylation is 2. The van der Waals surface area contributed by atoms with Gasteiger partial charge >= 0.3 is 0 Å². The molecule has 28 heavy (non-hydrogen) atoms. The summed E-state index contributed by atoms with van der Waals surface area (Å²) in [6.45, 7) is 4.43. The average molecular weight is 378 g/mol. The van der Waals surface area contributed by atoms with E-state index >= 15 is 0 Å². The molecule has 0 unspecified atom stereocenters. The van der Waals surface area contributed by atoms with Gasteiger partial charge in [0.15, 0.2) is 0 Å². The standard InChI is InChI=1S/C21H22N4O3/c1-13-20(14(2)28-24-13)18-12-22-11-17(23-18)19-8-5-9-25(19)21(26)15-6-4-7-16(10-15)27-3/h4,6-7,10-12,19H,5,8-9H2,1-3H3/t19-/m0/s1. The van der Waals surface area contributed by atoms with Gasteiger partial charge in [-0.3, -0.25) is 9.78 Å². The summed E-state index contributed by atoms with van der Waals surface area (Å²) in [5, 5.41) is 4.00. The third-order valence-electron chi connectivity index (χ3n) is 5.11. The number of rotatable bonds is 4. The number of likely N-dealkylation sites (tertiary alicyclic amines) is 1. The minimum atomic E-state index is -0.105. The molecule has 7 heteroatoms. The molecule has 0 aliphatic carbocycles. The molecule has 0 saturated carbocycles. The number of carbonyl (C=O) groups excluding carboxylic acids is 1. The summed E-state index contributed by atoms with van der Waals surface area (Å²) in [7, 11) is 1.60. The molecule has 4 rings (SSSR count). The quantitative estimate of drug-likeness (QED) is 0.688. The molecule has 3 heterocycles. The Bertz CT molecular complexity index is 995. The van der Waals surface area contributed by atoms with Crippen molar-refractivity contribution in [3.05, 3.63) is 59.4 Å². The third-order valence-corrected chi connectivity index (χ3v) is 5.11. The highest BCUT2D eigenvalue weighted by Gasteiger charge is 2.32. The van der Waals surface area contributed by atoms with Gasteiger partial charge in [0.2, 0.25) is 0 Å². The van der Waals surface area contributed by atoms with Crippen LogP contribution in [0.3, 0.4) is 0 Å². The molecule has 0 spiro atoms. The van der Waals surface area contributed by atoms with Gasteiger partial charge in [0, 0.05) is 12.1 Å². The Hall–Kier alpha value is -3.22. The third kappa shape index (κ3) is 3.24. The molecular weight excluding hydrogens is 356 g/mol. The highest BCUT2D eigenvalue weighted by Crippen LogP contribution is 2.34. The molecule has 3 aromatic rings. The van der Waals surface area contributed by atoms with Gasteiger partial charge in [-0.25, -0.2) is 4.98 Å². The number of carbonyl (C=O) groups is 1. The minimum absolute atomic E-state index is 0.0223. The zero-order valence-electron chi connectivity index (χ0n) is 16.2. The van der Waals surface area contributed by atoms with Crippen molar-refractivity contribution in [2.24, 2.45) is 0 Å². The highest BCUT2D eigenvalue weighted by molar-refractivity contribution is 5.95. The Morgan fingerprint density at radius 3 is 2.89 bits per heavy atom. The first-order valence-electron chi connectivity index (χ1n) is 9.28. The molecule has 1 aliphatic heterocycles. The summed E-state index contributed by atoms with van der Waals surface area (Å²) in [6, 6.07) is 7.13. The van der Waals surface area contributed by atoms with Crippen molar-refractivity contribution in [1.29, 1.82) is 0 Å². The molecule has 1 fully saturated rings. The Labute approximate surface area is 163 Å². The van der Waals surface area contributed by atoms with E-state index in [0.717, 1.165) is 35.5 Å². The van der Waals surface area contributed by atoms with E-state index in [1.54, 1.807) is 25.6 Å². The van der Waals surface area contributed by atoms with Crippen molar-refractivity contribution in [1.82, 2.24) is 20.0 Å². The Balaban J connectivity index is 1.65. The Kier molecular flexibility index (Phi) is 4.81. The summed E-state index contributed by atoms with van der Waals surface area (Å²) in [6.07, 6.45) is 5.23. The topological polar surface area (TPSA) is 81.4 Å². The van der Waals surface area contributed by atoms with E-state index < -0.39 is 0 Å². The highest BCUT2D eigenvalue weighted by atomic mass is 16.5. The van der Waals surface area contributed by atoms with Gasteiger partial charge in [0.1, 0.15) is 11.5 Å². The molecule has 1 saturated heterocycles. The van der Waals surface area contributed by atoms with Crippen LogP contribution in [0.4, 0.5) is 0 Å². The van der Waals surface area contributed by atoms with Gasteiger partial charge in [0.25, 0.3) is 5.91 Å². The van der Waals surface area contributed by atoms with E-state index in [0.29, 0.717) is 23.6 Å². The molecule has 2 aromatic heterocycles. The molecule has 1 aromatic carbocycles. The van der Waals surface area contributed by atoms with Gasteiger partial charge in [0.05, 0.1) is 48.2 Å². The second kappa shape index (κ2) is 7.42. The van der Waals surface area contributed by atoms with Crippen LogP contribution in [-0.4, -0.2) is 39.6 Å². The van der Waals surface area contributed by atoms with Crippen LogP contribution in [0.5, 0.6) is 5.75 Å². The number of methoxy groups -OCH3 is 1. The summed E-state index contributed by atoms with van der Waals surface area (Å²) in [5.41, 5.74) is 3.75. The maximum Gasteiger partial charge on any atom is 0.254 e. The number of amides is 1. The van der Waals surface area contributed by atoms with E-state index in [4.69, 9.17) is 14.2 Å². The molecular formula is C21H22N4O3. The number of ether oxygens (including phenoxy) is 1. The molecule has 1 atom stereocenters. The smallest absolute Gasteiger partial charge is 0.254 e. The van der Waals surface area contributed by atoms with Crippen LogP contribution in [0, 0.1) is 13.8 Å². The van der Waals surface area contributed by atoms with Crippen LogP contribution >= 0.6 is 0 Å². The van der Waals surface area contributed by atoms with Crippen molar-refractivity contribution in [2.75, 3.05) is 13.7 Å². The fourth-order valence-electron chi connectivity index (χ4n) is 3.75. The fraction of sp³-hybridized carbons (Fsp3) is 0.333. The molecule has 1 amide bonds. The first-order chi connectivity index (χ1) is 13.6. The number of benzene rings is 1. The first-order valence-corrected chi connectivity index (χ1v) is 9.28. The molecule has 144 valence electrons. The number of aromatic nitrogens is 3. The van der Waals surface area contributed by atoms with Crippen molar-refractivity contribution < 1.29 is 14.1 Å². The second-order valence-electron chi connectivity index (χ2n) is 6.92. The molecule has 7 nitrogen and oxygen atoms in total. The van der Waals surface area contributed by atoms with E-state index in [2.05, 4.69) is 10.1 Å². The van der Waals surface area contributed by atoms with E-state index in [1.807, 2.05) is 36.9 Å². The van der Waals surface area contributed by atoms with Crippen molar-refractivity contribution in [3.8, 4) is 17.0 Å². The van der Waals surface area contributed by atoms with E-state index in [9.17, 15) is 4.79 Å². The van der Waals surface area contributed by atoms with Gasteiger partial charge in [-0.15, -0.1) is 0 Å². The molecule has 0 N–H and O–H groups in total. The van der Waals surface area contributed by atoms with Gasteiger partial charge < -0.3 is 14.2 Å². The first kappa shape index (κ1) is 18.2. The lowest BCUT2D eigenvalue weighted by Crippen LogP contribution is -2.31. The van der Waals surface area contributed by atoms with Crippen LogP contribution in [0.1, 0.15) is 46.4 Å². The summed E-state index contributed by atoms with van der Waals surface area (Å²) >= 11 is 0. The van der Waals surface area contributed by atoms with E-state index in [1.165, 1.54) is 0 Å². The number of hydrogen-bond acceptors (Lipinski definition) is 6. The van der Waals surface area contributed by atoms with Crippen molar-refractivity contribution in [2.45, 2.75) is 32.7 Å². The van der Waals surface area contributed by atoms with Crippen LogP contribution < -0.4 is 4.74 Å². The summed E-state index contributed by atoms with van der Waals surface area (Å²) in [4.78, 5) is 24.2. The summed E-state index contributed by atoms with van der Waals surface area (Å²) in [5.74, 6) is 1.35. The Morgan fingerprint density at radius 2 is 2.14 bits per heavy atom. The monoisotopic (exact) mass is 378 g/mol. The number of hydrogen-bond donors (Lipinski definition) is 0. The average Bonchev–Trinajstić information content (AvgIpc) is 3.34. The maximum atomic E-state index is 13.1. The van der Waals surface area contributed by atoms with Gasteiger partial charge in [-0.05, 0) is 44.9 Å². The minimum Gasteiger partial charge on any atom is -0.497 e. The number of nitrogens with zero attached hydrogens (tertiary/aromatic N) is 4. The van der Waals surface area contributed by atoms with E-state index in [-0.39, 0.29) is 11.9 Å². The van der Waals surface area contributed by atoms with Crippen LogP contribution in [0.2, 0.25) is 0 Å². The zero-order valence-corrected chi connectivity index (χ0v) is 16.2. The molecule has 0 radical (unpaired) electrons.